The number of H-pyrrole nitrogens is 1. The highest BCUT2D eigenvalue weighted by atomic mass is 19.1. The topological polar surface area (TPSA) is 128 Å². The second-order valence-electron chi connectivity index (χ2n) is 10.8. The molecule has 1 saturated heterocycles. The molecule has 0 radical (unpaired) electrons. The smallest absolute Gasteiger partial charge is 0.257 e. The molecule has 3 amide bonds. The average molecular weight is 541 g/mol. The summed E-state index contributed by atoms with van der Waals surface area (Å²) in [6.45, 7) is 7.07. The van der Waals surface area contributed by atoms with Gasteiger partial charge in [-0.1, -0.05) is 19.9 Å². The van der Waals surface area contributed by atoms with Gasteiger partial charge in [0.1, 0.15) is 17.7 Å². The fourth-order valence-electron chi connectivity index (χ4n) is 5.22. The molecule has 2 aromatic rings. The van der Waals surface area contributed by atoms with E-state index in [1.807, 2.05) is 18.7 Å². The van der Waals surface area contributed by atoms with E-state index in [-0.39, 0.29) is 48.0 Å². The number of hydrogen-bond acceptors (Lipinski definition) is 6. The summed E-state index contributed by atoms with van der Waals surface area (Å²) in [6, 6.07) is 4.85. The van der Waals surface area contributed by atoms with E-state index < -0.39 is 17.8 Å². The third-order valence-corrected chi connectivity index (χ3v) is 7.30. The van der Waals surface area contributed by atoms with E-state index in [2.05, 4.69) is 20.6 Å². The van der Waals surface area contributed by atoms with Crippen LogP contribution in [0.1, 0.15) is 60.5 Å². The largest absolute Gasteiger partial charge is 0.355 e. The van der Waals surface area contributed by atoms with E-state index in [4.69, 9.17) is 0 Å². The fraction of sp³-hybridized carbons (Fsp3) is 0.536. The van der Waals surface area contributed by atoms with Gasteiger partial charge in [0, 0.05) is 38.3 Å². The maximum absolute atomic E-state index is 14.7. The highest BCUT2D eigenvalue weighted by Crippen LogP contribution is 2.23. The van der Waals surface area contributed by atoms with Crippen molar-refractivity contribution in [1.29, 1.82) is 0 Å². The van der Waals surface area contributed by atoms with Crippen molar-refractivity contribution in [3.63, 3.8) is 0 Å². The molecule has 2 aliphatic heterocycles. The highest BCUT2D eigenvalue weighted by molar-refractivity contribution is 5.98. The molecule has 10 nitrogen and oxygen atoms in total. The van der Waals surface area contributed by atoms with Gasteiger partial charge >= 0.3 is 0 Å². The standard InChI is InChI=1S/C28H37FN6O4/c1-17(2)23-15-34(14-20-13-25(36)32-18(3)31-20)16-26(37)30-10-4-6-19-8-9-22(29)21(12-19)28(39)35-11-5-7-24(35)27(38)33-23/h8-9,12-13,17,23-24H,4-7,10-11,14-16H2,1-3H3,(H,30,37)(H,33,38)(H,31,32,36)/t23-,24-/m0/s1. The first-order chi connectivity index (χ1) is 18.6. The Morgan fingerprint density at radius 1 is 1.13 bits per heavy atom. The molecule has 1 aromatic heterocycles. The Labute approximate surface area is 227 Å². The van der Waals surface area contributed by atoms with E-state index in [0.29, 0.717) is 56.8 Å². The molecule has 3 N–H and O–H groups in total. The molecule has 39 heavy (non-hydrogen) atoms. The average Bonchev–Trinajstić information content (AvgIpc) is 3.35. The van der Waals surface area contributed by atoms with Crippen LogP contribution in [0.2, 0.25) is 0 Å². The zero-order valence-electron chi connectivity index (χ0n) is 22.8. The van der Waals surface area contributed by atoms with Gasteiger partial charge in [-0.15, -0.1) is 0 Å². The van der Waals surface area contributed by atoms with Crippen LogP contribution in [-0.4, -0.2) is 75.8 Å². The van der Waals surface area contributed by atoms with Crippen LogP contribution in [0.3, 0.4) is 0 Å². The molecule has 1 aromatic carbocycles. The summed E-state index contributed by atoms with van der Waals surface area (Å²) in [5.74, 6) is -1.09. The van der Waals surface area contributed by atoms with Crippen molar-refractivity contribution in [2.45, 2.75) is 65.1 Å². The van der Waals surface area contributed by atoms with Gasteiger partial charge in [-0.3, -0.25) is 24.1 Å². The summed E-state index contributed by atoms with van der Waals surface area (Å²) in [7, 11) is 0. The third kappa shape index (κ3) is 7.29. The van der Waals surface area contributed by atoms with Gasteiger partial charge in [-0.25, -0.2) is 9.37 Å². The molecule has 0 unspecified atom stereocenters. The zero-order chi connectivity index (χ0) is 28.1. The monoisotopic (exact) mass is 540 g/mol. The molecular weight excluding hydrogens is 503 g/mol. The SMILES string of the molecule is Cc1nc(CN2CC(=O)NCCCc3ccc(F)c(c3)C(=O)N3CCC[C@H]3C(=O)N[C@H](C(C)C)C2)cc(=O)[nH]1. The van der Waals surface area contributed by atoms with Gasteiger partial charge < -0.3 is 20.5 Å². The van der Waals surface area contributed by atoms with Crippen LogP contribution in [0.4, 0.5) is 4.39 Å². The van der Waals surface area contributed by atoms with Gasteiger partial charge in [-0.05, 0) is 56.2 Å². The number of amides is 3. The van der Waals surface area contributed by atoms with Crippen LogP contribution in [0.5, 0.6) is 0 Å². The molecule has 2 atom stereocenters. The van der Waals surface area contributed by atoms with E-state index in [9.17, 15) is 23.6 Å². The van der Waals surface area contributed by atoms with Crippen LogP contribution in [0.15, 0.2) is 29.1 Å². The Balaban J connectivity index is 1.63. The summed E-state index contributed by atoms with van der Waals surface area (Å²) < 4.78 is 14.7. The fourth-order valence-corrected chi connectivity index (χ4v) is 5.22. The second-order valence-corrected chi connectivity index (χ2v) is 10.8. The van der Waals surface area contributed by atoms with Crippen molar-refractivity contribution in [3.8, 4) is 0 Å². The van der Waals surface area contributed by atoms with Crippen molar-refractivity contribution in [1.82, 2.24) is 30.4 Å². The minimum atomic E-state index is -0.703. The Kier molecular flexibility index (Phi) is 9.11. The predicted octanol–water partition coefficient (Wildman–Crippen LogP) is 1.53. The molecule has 2 aliphatic rings. The van der Waals surface area contributed by atoms with Gasteiger partial charge in [0.05, 0.1) is 17.8 Å². The Hall–Kier alpha value is -3.60. The van der Waals surface area contributed by atoms with Crippen molar-refractivity contribution in [2.75, 3.05) is 26.2 Å². The number of aromatic amines is 1. The first-order valence-electron chi connectivity index (χ1n) is 13.6. The van der Waals surface area contributed by atoms with Gasteiger partial charge in [0.25, 0.3) is 11.5 Å². The number of hydrogen-bond donors (Lipinski definition) is 3. The van der Waals surface area contributed by atoms with Crippen LogP contribution < -0.4 is 16.2 Å². The lowest BCUT2D eigenvalue weighted by Crippen LogP contribution is -2.54. The van der Waals surface area contributed by atoms with Crippen molar-refractivity contribution in [2.24, 2.45) is 5.92 Å². The molecule has 1 fully saturated rings. The van der Waals surface area contributed by atoms with Crippen molar-refractivity contribution >= 4 is 17.7 Å². The number of nitrogens with zero attached hydrogens (tertiary/aromatic N) is 3. The number of rotatable bonds is 3. The first kappa shape index (κ1) is 28.4. The summed E-state index contributed by atoms with van der Waals surface area (Å²) in [6.07, 6.45) is 2.31. The highest BCUT2D eigenvalue weighted by Gasteiger charge is 2.37. The lowest BCUT2D eigenvalue weighted by Gasteiger charge is -2.32. The first-order valence-corrected chi connectivity index (χ1v) is 13.6. The van der Waals surface area contributed by atoms with Crippen LogP contribution in [0.25, 0.3) is 0 Å². The Bertz CT molecular complexity index is 1280. The van der Waals surface area contributed by atoms with E-state index in [0.717, 1.165) is 5.56 Å². The summed E-state index contributed by atoms with van der Waals surface area (Å²) in [5, 5.41) is 6.01. The quantitative estimate of drug-likeness (QED) is 0.542. The molecule has 0 saturated carbocycles. The van der Waals surface area contributed by atoms with Gasteiger partial charge in [0.15, 0.2) is 0 Å². The van der Waals surface area contributed by atoms with Crippen molar-refractivity contribution in [3.05, 3.63) is 63.1 Å². The van der Waals surface area contributed by atoms with Crippen LogP contribution in [-0.2, 0) is 22.6 Å². The molecule has 0 spiro atoms. The summed E-state index contributed by atoms with van der Waals surface area (Å²) in [5.41, 5.74) is 1.01. The van der Waals surface area contributed by atoms with Crippen LogP contribution in [0, 0.1) is 18.7 Å². The van der Waals surface area contributed by atoms with Gasteiger partial charge in [0.2, 0.25) is 11.8 Å². The number of fused-ring (bicyclic) bond motifs is 3. The van der Waals surface area contributed by atoms with E-state index in [1.165, 1.54) is 17.0 Å². The normalized spacial score (nSPS) is 21.9. The van der Waals surface area contributed by atoms with E-state index >= 15 is 0 Å². The number of halogens is 1. The minimum absolute atomic E-state index is 0.00940. The van der Waals surface area contributed by atoms with E-state index in [1.54, 1.807) is 19.1 Å². The third-order valence-electron chi connectivity index (χ3n) is 7.30. The van der Waals surface area contributed by atoms with Crippen LogP contribution >= 0.6 is 0 Å². The van der Waals surface area contributed by atoms with Gasteiger partial charge in [-0.2, -0.15) is 0 Å². The predicted molar refractivity (Wildman–Crippen MR) is 143 cm³/mol. The summed E-state index contributed by atoms with van der Waals surface area (Å²) >= 11 is 0. The lowest BCUT2D eigenvalue weighted by molar-refractivity contribution is -0.126. The molecule has 210 valence electrons. The molecule has 2 bridgehead atoms. The second kappa shape index (κ2) is 12.5. The molecule has 3 heterocycles. The number of benzene rings is 1. The van der Waals surface area contributed by atoms with Crippen molar-refractivity contribution < 1.29 is 18.8 Å². The lowest BCUT2D eigenvalue weighted by atomic mass is 10.0. The number of aromatic nitrogens is 2. The molecular formula is C28H37FN6O4. The minimum Gasteiger partial charge on any atom is -0.355 e. The summed E-state index contributed by atoms with van der Waals surface area (Å²) in [4.78, 5) is 62.1. The maximum Gasteiger partial charge on any atom is 0.257 e. The molecule has 11 heteroatoms. The zero-order valence-corrected chi connectivity index (χ0v) is 22.8. The maximum atomic E-state index is 14.7. The number of carbonyl (C=O) groups excluding carboxylic acids is 3. The molecule has 0 aliphatic carbocycles. The molecule has 4 rings (SSSR count). The number of carbonyl (C=O) groups is 3. The number of nitrogens with one attached hydrogen (secondary N) is 3. The number of aryl methyl sites for hydroxylation is 2. The Morgan fingerprint density at radius 3 is 2.67 bits per heavy atom. The Morgan fingerprint density at radius 2 is 1.92 bits per heavy atom.